The largest absolute Gasteiger partial charge is 0.394 e. The standard InChI is InChI=1S/C58H98O25/c1-24(9-13-37(55(4,5)74)82-53-49(39(65)30(63)22-76-53)83-52-47(73)45(71)41(67)32(20-60)79-52)26-15-16-56(6)34-12-10-27-28(58(34,8)35(64)18-57(26,56)7)11-14-36(54(27,2)3)81-51-38(48-46(72)44(70)40(66)31(19-59)78-48)43(69)42(68)33(80-51)23-77-50-29(62)17-25(61)21-75-50/h10,24-26,28-53,59-74H,9,11-23H2,1-8H3/t24-,25+,26?,28?,29-,30-,31+,32+,33-,34?,35-,36+,37-,38+,39+,40+,41+,42-,43-,44-,45-,46+,47+,48?,49-,50+,51+,52-,53+,56+,57-,58+/m1/s1. The fourth-order valence-corrected chi connectivity index (χ4v) is 16.9. The molecule has 32 atom stereocenters. The maximum absolute atomic E-state index is 12.9. The van der Waals surface area contributed by atoms with Crippen molar-refractivity contribution >= 4 is 0 Å². The van der Waals surface area contributed by atoms with E-state index in [2.05, 4.69) is 47.6 Å². The first-order chi connectivity index (χ1) is 38.8. The monoisotopic (exact) mass is 1190 g/mol. The zero-order valence-corrected chi connectivity index (χ0v) is 49.0. The third-order valence-electron chi connectivity index (χ3n) is 22.2. The first-order valence-electron chi connectivity index (χ1n) is 30.1. The maximum atomic E-state index is 12.9. The molecule has 0 spiro atoms. The van der Waals surface area contributed by atoms with E-state index in [0.29, 0.717) is 38.5 Å². The van der Waals surface area contributed by atoms with Crippen molar-refractivity contribution < 1.29 is 124 Å². The van der Waals surface area contributed by atoms with Gasteiger partial charge in [0.1, 0.15) is 85.5 Å². The molecule has 480 valence electrons. The number of hydrogen-bond acceptors (Lipinski definition) is 25. The van der Waals surface area contributed by atoms with Crippen LogP contribution in [0.4, 0.5) is 0 Å². The van der Waals surface area contributed by atoms with E-state index in [0.717, 1.165) is 18.4 Å². The minimum absolute atomic E-state index is 0.0141. The van der Waals surface area contributed by atoms with Gasteiger partial charge in [-0.1, -0.05) is 53.2 Å². The summed E-state index contributed by atoms with van der Waals surface area (Å²) in [6.45, 7) is 14.1. The number of ether oxygens (including phenoxy) is 9. The van der Waals surface area contributed by atoms with Gasteiger partial charge in [-0.05, 0) is 99.7 Å². The Labute approximate surface area is 485 Å². The summed E-state index contributed by atoms with van der Waals surface area (Å²) < 4.78 is 54.5. The van der Waals surface area contributed by atoms with E-state index in [1.165, 1.54) is 0 Å². The quantitative estimate of drug-likeness (QED) is 0.0653. The van der Waals surface area contributed by atoms with Gasteiger partial charge in [0, 0.05) is 17.3 Å². The van der Waals surface area contributed by atoms with Crippen molar-refractivity contribution in [1.82, 2.24) is 0 Å². The highest BCUT2D eigenvalue weighted by Crippen LogP contribution is 2.75. The van der Waals surface area contributed by atoms with Crippen LogP contribution in [0.3, 0.4) is 0 Å². The average molecular weight is 1200 g/mol. The van der Waals surface area contributed by atoms with Gasteiger partial charge in [0.05, 0.1) is 81.2 Å². The van der Waals surface area contributed by atoms with Crippen LogP contribution in [0.1, 0.15) is 113 Å². The highest BCUT2D eigenvalue weighted by Gasteiger charge is 2.71. The molecule has 5 saturated heterocycles. The second-order valence-electron chi connectivity index (χ2n) is 27.8. The number of allylic oxidation sites excluding steroid dienone is 1. The van der Waals surface area contributed by atoms with Gasteiger partial charge in [-0.25, -0.2) is 0 Å². The lowest BCUT2D eigenvalue weighted by molar-refractivity contribution is -0.364. The second kappa shape index (κ2) is 25.2. The maximum Gasteiger partial charge on any atom is 0.187 e. The third-order valence-corrected chi connectivity index (χ3v) is 22.2. The van der Waals surface area contributed by atoms with Crippen molar-refractivity contribution in [2.45, 2.75) is 266 Å². The summed E-state index contributed by atoms with van der Waals surface area (Å²) in [4.78, 5) is 0. The average Bonchev–Trinajstić information content (AvgIpc) is 1.86. The zero-order chi connectivity index (χ0) is 60.8. The van der Waals surface area contributed by atoms with Crippen LogP contribution in [0.5, 0.6) is 0 Å². The van der Waals surface area contributed by atoms with Gasteiger partial charge in [-0.15, -0.1) is 0 Å². The molecule has 8 fully saturated rings. The first kappa shape index (κ1) is 66.2. The highest BCUT2D eigenvalue weighted by atomic mass is 16.8. The minimum atomic E-state index is -1.81. The van der Waals surface area contributed by atoms with Crippen molar-refractivity contribution in [2.24, 2.45) is 51.2 Å². The van der Waals surface area contributed by atoms with Crippen LogP contribution in [0.25, 0.3) is 0 Å². The molecule has 0 aromatic rings. The van der Waals surface area contributed by atoms with Gasteiger partial charge in [0.2, 0.25) is 0 Å². The highest BCUT2D eigenvalue weighted by molar-refractivity contribution is 5.32. The van der Waals surface area contributed by atoms with E-state index in [1.54, 1.807) is 13.8 Å². The van der Waals surface area contributed by atoms with E-state index < -0.39 is 189 Å². The molecule has 5 aliphatic heterocycles. The van der Waals surface area contributed by atoms with Crippen molar-refractivity contribution in [2.75, 3.05) is 33.0 Å². The van der Waals surface area contributed by atoms with Crippen LogP contribution < -0.4 is 0 Å². The molecule has 3 saturated carbocycles. The molecule has 4 unspecified atom stereocenters. The lowest BCUT2D eigenvalue weighted by Crippen LogP contribution is -2.68. The van der Waals surface area contributed by atoms with E-state index in [1.807, 2.05) is 0 Å². The molecular weight excluding hydrogens is 1100 g/mol. The Balaban J connectivity index is 0.905. The van der Waals surface area contributed by atoms with Crippen LogP contribution in [0, 0.1) is 51.2 Å². The van der Waals surface area contributed by atoms with Crippen molar-refractivity contribution in [3.05, 3.63) is 11.6 Å². The molecule has 83 heavy (non-hydrogen) atoms. The van der Waals surface area contributed by atoms with Crippen molar-refractivity contribution in [3.63, 3.8) is 0 Å². The predicted molar refractivity (Wildman–Crippen MR) is 285 cm³/mol. The number of aliphatic hydroxyl groups is 16. The van der Waals surface area contributed by atoms with Gasteiger partial charge in [-0.2, -0.15) is 0 Å². The van der Waals surface area contributed by atoms with E-state index in [-0.39, 0.29) is 54.1 Å². The molecule has 0 aromatic carbocycles. The van der Waals surface area contributed by atoms with Crippen LogP contribution in [-0.2, 0) is 42.6 Å². The molecule has 25 nitrogen and oxygen atoms in total. The Kier molecular flexibility index (Phi) is 20.1. The van der Waals surface area contributed by atoms with Crippen molar-refractivity contribution in [3.8, 4) is 0 Å². The molecule has 4 aliphatic carbocycles. The summed E-state index contributed by atoms with van der Waals surface area (Å²) >= 11 is 0. The summed E-state index contributed by atoms with van der Waals surface area (Å²) in [6.07, 6.45) is -26.8. The van der Waals surface area contributed by atoms with Crippen LogP contribution in [0.2, 0.25) is 0 Å². The summed E-state index contributed by atoms with van der Waals surface area (Å²) in [7, 11) is 0. The minimum Gasteiger partial charge on any atom is -0.394 e. The SMILES string of the molecule is C[C@H](CC[C@@H](O[C@@H]1OC[C@@H](O)[C@H](O)[C@H]1O[C@H]1O[C@@H](CO)[C@H](O)[C@@H](O)[C@@H]1O)C(C)(C)O)C1CC[C@@]2(C)C3CC=C4C(CC[C@H](O[C@@H]5O[C@H](CO[C@@H]6OC[C@@H](O)C[C@H]6O)[C@@H](O)[C@H](O)[C@H]5C5O[C@@H](CO)[C@H](O)[C@@H](O)[C@@H]5O)C4(C)C)[C@]3(C)[C@H](O)C[C@]12C. The molecule has 5 heterocycles. The molecule has 0 aromatic heterocycles. The van der Waals surface area contributed by atoms with Gasteiger partial charge >= 0.3 is 0 Å². The zero-order valence-electron chi connectivity index (χ0n) is 49.0. The Bertz CT molecular complexity index is 2180. The fraction of sp³-hybridized carbons (Fsp3) is 0.966. The predicted octanol–water partition coefficient (Wildman–Crippen LogP) is -2.83. The van der Waals surface area contributed by atoms with Crippen LogP contribution in [-0.4, -0.2) is 268 Å². The normalized spacial score (nSPS) is 52.0. The Morgan fingerprint density at radius 2 is 1.27 bits per heavy atom. The lowest BCUT2D eigenvalue weighted by atomic mass is 9.38. The second-order valence-corrected chi connectivity index (χ2v) is 27.8. The smallest absolute Gasteiger partial charge is 0.187 e. The summed E-state index contributed by atoms with van der Waals surface area (Å²) in [5.74, 6) is -1.19. The Morgan fingerprint density at radius 1 is 0.639 bits per heavy atom. The van der Waals surface area contributed by atoms with Crippen LogP contribution >= 0.6 is 0 Å². The number of fused-ring (bicyclic) bond motifs is 5. The molecule has 0 bridgehead atoms. The topological polar surface area (TPSA) is 407 Å². The van der Waals surface area contributed by atoms with E-state index >= 15 is 0 Å². The molecule has 0 amide bonds. The molecule has 9 rings (SSSR count). The number of rotatable bonds is 17. The molecule has 9 aliphatic rings. The Hall–Kier alpha value is -1.26. The number of hydrogen-bond donors (Lipinski definition) is 16. The van der Waals surface area contributed by atoms with Gasteiger partial charge in [0.25, 0.3) is 0 Å². The first-order valence-corrected chi connectivity index (χ1v) is 30.1. The van der Waals surface area contributed by atoms with Gasteiger partial charge in [-0.3, -0.25) is 0 Å². The van der Waals surface area contributed by atoms with Gasteiger partial charge < -0.3 is 124 Å². The fourth-order valence-electron chi connectivity index (χ4n) is 16.9. The molecule has 16 N–H and O–H groups in total. The van der Waals surface area contributed by atoms with E-state index in [9.17, 15) is 81.7 Å². The van der Waals surface area contributed by atoms with E-state index in [4.69, 9.17) is 42.6 Å². The van der Waals surface area contributed by atoms with Crippen LogP contribution in [0.15, 0.2) is 11.6 Å². The Morgan fingerprint density at radius 3 is 1.92 bits per heavy atom. The van der Waals surface area contributed by atoms with Crippen molar-refractivity contribution in [1.29, 1.82) is 0 Å². The number of aliphatic hydroxyl groups excluding tert-OH is 15. The molecule has 25 heteroatoms. The van der Waals surface area contributed by atoms with Gasteiger partial charge in [0.15, 0.2) is 25.2 Å². The molecular formula is C58H98O25. The third kappa shape index (κ3) is 11.9. The summed E-state index contributed by atoms with van der Waals surface area (Å²) in [5, 5.41) is 175. The summed E-state index contributed by atoms with van der Waals surface area (Å²) in [5.41, 5.74) is -2.23. The summed E-state index contributed by atoms with van der Waals surface area (Å²) in [6, 6.07) is 0. The lowest BCUT2D eigenvalue weighted by Gasteiger charge is -2.67. The molecule has 0 radical (unpaired) electrons.